The number of hydrogen-bond donors (Lipinski definition) is 1. The maximum absolute atomic E-state index is 12.5. The van der Waals surface area contributed by atoms with Crippen LogP contribution in [0, 0.1) is 0 Å². The molecule has 1 aromatic heterocycles. The monoisotopic (exact) mass is 341 g/mol. The van der Waals surface area contributed by atoms with Crippen LogP contribution in [0.4, 0.5) is 16.2 Å². The number of benzene rings is 1. The zero-order valence-electron chi connectivity index (χ0n) is 14.8. The number of amides is 3. The molecule has 7 heteroatoms. The minimum Gasteiger partial charge on any atom is -0.324 e. The number of rotatable bonds is 3. The Bertz CT molecular complexity index is 785. The predicted molar refractivity (Wildman–Crippen MR) is 96.7 cm³/mol. The van der Waals surface area contributed by atoms with E-state index >= 15 is 0 Å². The number of carbonyl (C=O) groups excluding carboxylic acids is 2. The van der Waals surface area contributed by atoms with Crippen LogP contribution in [0.15, 0.2) is 36.7 Å². The van der Waals surface area contributed by atoms with Crippen LogP contribution in [0.1, 0.15) is 24.8 Å². The summed E-state index contributed by atoms with van der Waals surface area (Å²) in [5, 5.41) is 7.13. The fourth-order valence-corrected chi connectivity index (χ4v) is 3.04. The average Bonchev–Trinajstić information content (AvgIpc) is 3.23. The van der Waals surface area contributed by atoms with E-state index < -0.39 is 0 Å². The molecule has 0 saturated carbocycles. The van der Waals surface area contributed by atoms with Gasteiger partial charge in [-0.1, -0.05) is 6.07 Å². The van der Waals surface area contributed by atoms with Gasteiger partial charge in [0, 0.05) is 57.6 Å². The van der Waals surface area contributed by atoms with Crippen LogP contribution in [0.25, 0.3) is 0 Å². The molecule has 2 heterocycles. The summed E-state index contributed by atoms with van der Waals surface area (Å²) in [6.45, 7) is 2.91. The smallest absolute Gasteiger partial charge is 0.321 e. The number of nitrogens with one attached hydrogen (secondary N) is 1. The van der Waals surface area contributed by atoms with Gasteiger partial charge in [0.05, 0.1) is 6.20 Å². The molecule has 3 rings (SSSR count). The Labute approximate surface area is 147 Å². The van der Waals surface area contributed by atoms with Gasteiger partial charge in [0.1, 0.15) is 0 Å². The zero-order valence-corrected chi connectivity index (χ0v) is 14.8. The molecular weight excluding hydrogens is 318 g/mol. The third kappa shape index (κ3) is 3.81. The molecule has 0 spiro atoms. The molecule has 132 valence electrons. The lowest BCUT2D eigenvalue weighted by molar-refractivity contribution is -0.116. The van der Waals surface area contributed by atoms with Crippen LogP contribution < -0.4 is 10.2 Å². The fraction of sp³-hybridized carbons (Fsp3) is 0.389. The Balaban J connectivity index is 1.63. The van der Waals surface area contributed by atoms with Gasteiger partial charge in [0.15, 0.2) is 0 Å². The SMILES string of the molecule is CC(=O)N(C)c1cccc(NC(=O)N2CC[C@@H](c3cnn(C)c3)C2)c1. The number of anilines is 2. The van der Waals surface area contributed by atoms with Gasteiger partial charge in [-0.15, -0.1) is 0 Å². The third-order valence-corrected chi connectivity index (χ3v) is 4.63. The maximum Gasteiger partial charge on any atom is 0.321 e. The van der Waals surface area contributed by atoms with Crippen LogP contribution in [-0.4, -0.2) is 46.8 Å². The standard InChI is InChI=1S/C18H23N5O2/c1-13(24)22(3)17-6-4-5-16(9-17)20-18(25)23-8-7-14(12-23)15-10-19-21(2)11-15/h4-6,9-11,14H,7-8,12H2,1-3H3,(H,20,25)/t14-/m1/s1. The number of likely N-dealkylation sites (tertiary alicyclic amines) is 1. The maximum atomic E-state index is 12.5. The molecular formula is C18H23N5O2. The second-order valence-corrected chi connectivity index (χ2v) is 6.44. The average molecular weight is 341 g/mol. The van der Waals surface area contributed by atoms with Crippen molar-refractivity contribution in [2.75, 3.05) is 30.4 Å². The molecule has 0 bridgehead atoms. The molecule has 25 heavy (non-hydrogen) atoms. The van der Waals surface area contributed by atoms with E-state index in [0.29, 0.717) is 18.2 Å². The van der Waals surface area contributed by atoms with Crippen molar-refractivity contribution in [2.24, 2.45) is 7.05 Å². The fourth-order valence-electron chi connectivity index (χ4n) is 3.04. The van der Waals surface area contributed by atoms with E-state index in [1.807, 2.05) is 42.5 Å². The second kappa shape index (κ2) is 6.96. The Hall–Kier alpha value is -2.83. The highest BCUT2D eigenvalue weighted by Crippen LogP contribution is 2.27. The van der Waals surface area contributed by atoms with Gasteiger partial charge in [-0.25, -0.2) is 4.79 Å². The highest BCUT2D eigenvalue weighted by molar-refractivity contribution is 5.93. The van der Waals surface area contributed by atoms with Crippen LogP contribution in [0.5, 0.6) is 0 Å². The highest BCUT2D eigenvalue weighted by atomic mass is 16.2. The summed E-state index contributed by atoms with van der Waals surface area (Å²) in [4.78, 5) is 27.4. The van der Waals surface area contributed by atoms with Crippen molar-refractivity contribution in [3.05, 3.63) is 42.2 Å². The van der Waals surface area contributed by atoms with Crippen molar-refractivity contribution in [1.82, 2.24) is 14.7 Å². The van der Waals surface area contributed by atoms with Crippen molar-refractivity contribution in [3.63, 3.8) is 0 Å². The summed E-state index contributed by atoms with van der Waals surface area (Å²) in [6.07, 6.45) is 4.81. The zero-order chi connectivity index (χ0) is 18.0. The van der Waals surface area contributed by atoms with E-state index in [-0.39, 0.29) is 11.9 Å². The van der Waals surface area contributed by atoms with Gasteiger partial charge in [-0.05, 0) is 30.2 Å². The van der Waals surface area contributed by atoms with E-state index in [1.165, 1.54) is 12.5 Å². The van der Waals surface area contributed by atoms with Gasteiger partial charge in [-0.3, -0.25) is 9.48 Å². The quantitative estimate of drug-likeness (QED) is 0.932. The summed E-state index contributed by atoms with van der Waals surface area (Å²) in [5.41, 5.74) is 2.60. The largest absolute Gasteiger partial charge is 0.324 e. The van der Waals surface area contributed by atoms with E-state index in [4.69, 9.17) is 0 Å². The first-order chi connectivity index (χ1) is 11.9. The topological polar surface area (TPSA) is 70.5 Å². The van der Waals surface area contributed by atoms with Crippen molar-refractivity contribution in [2.45, 2.75) is 19.3 Å². The molecule has 7 nitrogen and oxygen atoms in total. The van der Waals surface area contributed by atoms with Gasteiger partial charge in [0.25, 0.3) is 0 Å². The minimum atomic E-state index is -0.117. The van der Waals surface area contributed by atoms with Gasteiger partial charge >= 0.3 is 6.03 Å². The third-order valence-electron chi connectivity index (χ3n) is 4.63. The van der Waals surface area contributed by atoms with Crippen LogP contribution in [0.3, 0.4) is 0 Å². The Morgan fingerprint density at radius 1 is 1.36 bits per heavy atom. The summed E-state index contributed by atoms with van der Waals surface area (Å²) in [5.74, 6) is 0.275. The predicted octanol–water partition coefficient (Wildman–Crippen LogP) is 2.42. The first kappa shape index (κ1) is 17.0. The number of nitrogens with zero attached hydrogens (tertiary/aromatic N) is 4. The lowest BCUT2D eigenvalue weighted by Gasteiger charge is -2.19. The highest BCUT2D eigenvalue weighted by Gasteiger charge is 2.28. The summed E-state index contributed by atoms with van der Waals surface area (Å²) < 4.78 is 1.79. The molecule has 1 fully saturated rings. The molecule has 1 aliphatic rings. The van der Waals surface area contributed by atoms with Crippen molar-refractivity contribution >= 4 is 23.3 Å². The Morgan fingerprint density at radius 3 is 2.84 bits per heavy atom. The van der Waals surface area contributed by atoms with Crippen LogP contribution >= 0.6 is 0 Å². The van der Waals surface area contributed by atoms with Gasteiger partial charge in [0.2, 0.25) is 5.91 Å². The van der Waals surface area contributed by atoms with E-state index in [9.17, 15) is 9.59 Å². The second-order valence-electron chi connectivity index (χ2n) is 6.44. The number of carbonyl (C=O) groups is 2. The number of urea groups is 1. The molecule has 0 unspecified atom stereocenters. The summed E-state index contributed by atoms with van der Waals surface area (Å²) >= 11 is 0. The Kier molecular flexibility index (Phi) is 4.74. The van der Waals surface area contributed by atoms with E-state index in [1.54, 1.807) is 22.7 Å². The van der Waals surface area contributed by atoms with Gasteiger partial charge < -0.3 is 15.1 Å². The van der Waals surface area contributed by atoms with Crippen molar-refractivity contribution in [1.29, 1.82) is 0 Å². The molecule has 1 atom stereocenters. The lowest BCUT2D eigenvalue weighted by atomic mass is 10.0. The number of hydrogen-bond acceptors (Lipinski definition) is 3. The molecule has 1 N–H and O–H groups in total. The Morgan fingerprint density at radius 2 is 2.16 bits per heavy atom. The molecule has 1 saturated heterocycles. The van der Waals surface area contributed by atoms with Crippen LogP contribution in [-0.2, 0) is 11.8 Å². The first-order valence-electron chi connectivity index (χ1n) is 8.33. The molecule has 2 aromatic rings. The molecule has 1 aromatic carbocycles. The number of aryl methyl sites for hydroxylation is 1. The lowest BCUT2D eigenvalue weighted by Crippen LogP contribution is -2.32. The normalized spacial score (nSPS) is 16.8. The van der Waals surface area contributed by atoms with Crippen molar-refractivity contribution < 1.29 is 9.59 Å². The molecule has 3 amide bonds. The van der Waals surface area contributed by atoms with E-state index in [0.717, 1.165) is 18.7 Å². The van der Waals surface area contributed by atoms with Crippen molar-refractivity contribution in [3.8, 4) is 0 Å². The van der Waals surface area contributed by atoms with Gasteiger partial charge in [-0.2, -0.15) is 5.10 Å². The summed E-state index contributed by atoms with van der Waals surface area (Å²) in [7, 11) is 3.61. The summed E-state index contributed by atoms with van der Waals surface area (Å²) in [6, 6.07) is 7.17. The molecule has 0 aliphatic carbocycles. The molecule has 0 radical (unpaired) electrons. The number of aromatic nitrogens is 2. The first-order valence-corrected chi connectivity index (χ1v) is 8.33. The molecule has 1 aliphatic heterocycles. The van der Waals surface area contributed by atoms with E-state index in [2.05, 4.69) is 10.4 Å². The van der Waals surface area contributed by atoms with Crippen LogP contribution in [0.2, 0.25) is 0 Å². The minimum absolute atomic E-state index is 0.0534.